The number of rotatable bonds is 5. The number of nitrogens with zero attached hydrogens (tertiary/aromatic N) is 1. The largest absolute Gasteiger partial charge is 0.379 e. The molecule has 2 aliphatic rings. The van der Waals surface area contributed by atoms with E-state index < -0.39 is 0 Å². The summed E-state index contributed by atoms with van der Waals surface area (Å²) < 4.78 is 5.53. The van der Waals surface area contributed by atoms with E-state index in [0.717, 1.165) is 31.4 Å². The molecule has 1 aliphatic carbocycles. The number of thiophene rings is 1. The van der Waals surface area contributed by atoms with Crippen LogP contribution in [-0.4, -0.2) is 48.4 Å². The molecule has 0 amide bonds. The third kappa shape index (κ3) is 4.91. The molecule has 1 aliphatic heterocycles. The molecule has 0 aromatic carbocycles. The molecule has 134 valence electrons. The first-order valence-corrected chi connectivity index (χ1v) is 10.4. The van der Waals surface area contributed by atoms with E-state index in [1.165, 1.54) is 37.0 Å². The zero-order valence-electron chi connectivity index (χ0n) is 14.5. The van der Waals surface area contributed by atoms with Crippen molar-refractivity contribution < 1.29 is 4.74 Å². The third-order valence-electron chi connectivity index (χ3n) is 5.05. The Hall–Kier alpha value is -0.690. The van der Waals surface area contributed by atoms with Crippen molar-refractivity contribution in [3.63, 3.8) is 0 Å². The Bertz CT molecular complexity index is 496. The Balaban J connectivity index is 1.60. The fourth-order valence-electron chi connectivity index (χ4n) is 3.82. The fraction of sp³-hybridized carbons (Fsp3) is 0.722. The molecular weight excluding hydrogens is 338 g/mol. The topological polar surface area (TPSA) is 36.5 Å². The van der Waals surface area contributed by atoms with E-state index in [0.29, 0.717) is 12.1 Å². The van der Waals surface area contributed by atoms with Gasteiger partial charge in [0.2, 0.25) is 0 Å². The second kappa shape index (κ2) is 9.13. The number of ether oxygens (including phenoxy) is 1. The molecule has 24 heavy (non-hydrogen) atoms. The van der Waals surface area contributed by atoms with Gasteiger partial charge in [-0.3, -0.25) is 4.90 Å². The van der Waals surface area contributed by atoms with Crippen LogP contribution < -0.4 is 10.6 Å². The zero-order chi connectivity index (χ0) is 16.8. The molecule has 1 aromatic rings. The van der Waals surface area contributed by atoms with Crippen molar-refractivity contribution in [2.24, 2.45) is 0 Å². The van der Waals surface area contributed by atoms with Crippen LogP contribution in [0.15, 0.2) is 17.5 Å². The van der Waals surface area contributed by atoms with Crippen LogP contribution in [0, 0.1) is 0 Å². The monoisotopic (exact) mass is 367 g/mol. The summed E-state index contributed by atoms with van der Waals surface area (Å²) >= 11 is 7.43. The summed E-state index contributed by atoms with van der Waals surface area (Å²) in [6.07, 6.45) is 6.50. The maximum Gasteiger partial charge on any atom is 0.166 e. The van der Waals surface area contributed by atoms with E-state index in [1.807, 2.05) is 11.3 Å². The summed E-state index contributed by atoms with van der Waals surface area (Å²) in [5.74, 6) is 0. The van der Waals surface area contributed by atoms with Crippen LogP contribution in [0.1, 0.15) is 49.9 Å². The lowest BCUT2D eigenvalue weighted by Gasteiger charge is -2.38. The lowest BCUT2D eigenvalue weighted by Crippen LogP contribution is -2.51. The normalized spacial score (nSPS) is 22.7. The molecule has 2 heterocycles. The van der Waals surface area contributed by atoms with Crippen molar-refractivity contribution in [2.45, 2.75) is 57.2 Å². The molecule has 2 N–H and O–H groups in total. The minimum atomic E-state index is 0.269. The van der Waals surface area contributed by atoms with Crippen LogP contribution in [0.5, 0.6) is 0 Å². The minimum absolute atomic E-state index is 0.269. The Morgan fingerprint density at radius 3 is 2.71 bits per heavy atom. The fourth-order valence-corrected chi connectivity index (χ4v) is 5.13. The molecule has 6 heteroatoms. The van der Waals surface area contributed by atoms with Crippen LogP contribution in [0.3, 0.4) is 0 Å². The highest BCUT2D eigenvalue weighted by atomic mass is 32.1. The quantitative estimate of drug-likeness (QED) is 0.781. The molecule has 2 fully saturated rings. The minimum Gasteiger partial charge on any atom is -0.379 e. The average molecular weight is 368 g/mol. The first-order valence-electron chi connectivity index (χ1n) is 9.16. The van der Waals surface area contributed by atoms with E-state index in [9.17, 15) is 0 Å². The Kier molecular flexibility index (Phi) is 6.89. The van der Waals surface area contributed by atoms with Gasteiger partial charge < -0.3 is 15.4 Å². The summed E-state index contributed by atoms with van der Waals surface area (Å²) in [6, 6.07) is 5.54. The highest BCUT2D eigenvalue weighted by Crippen LogP contribution is 2.29. The number of hydrogen-bond acceptors (Lipinski definition) is 4. The Morgan fingerprint density at radius 2 is 2.04 bits per heavy atom. The summed E-state index contributed by atoms with van der Waals surface area (Å²) in [4.78, 5) is 3.92. The first-order chi connectivity index (χ1) is 11.7. The van der Waals surface area contributed by atoms with Gasteiger partial charge in [-0.25, -0.2) is 0 Å². The number of thiocarbonyl (C=S) groups is 1. The lowest BCUT2D eigenvalue weighted by molar-refractivity contribution is 0.0110. The molecule has 1 saturated heterocycles. The van der Waals surface area contributed by atoms with E-state index in [-0.39, 0.29) is 6.04 Å². The molecule has 0 radical (unpaired) electrons. The maximum absolute atomic E-state index is 5.60. The Labute approximate surface area is 155 Å². The second-order valence-electron chi connectivity index (χ2n) is 6.85. The van der Waals surface area contributed by atoms with E-state index in [4.69, 9.17) is 17.0 Å². The average Bonchev–Trinajstić information content (AvgIpc) is 3.11. The van der Waals surface area contributed by atoms with Crippen molar-refractivity contribution in [1.82, 2.24) is 15.5 Å². The van der Waals surface area contributed by atoms with Gasteiger partial charge in [-0.05, 0) is 43.4 Å². The van der Waals surface area contributed by atoms with Crippen molar-refractivity contribution in [3.8, 4) is 0 Å². The third-order valence-corrected chi connectivity index (χ3v) is 6.23. The molecule has 2 atom stereocenters. The second-order valence-corrected chi connectivity index (χ2v) is 8.24. The molecule has 4 nitrogen and oxygen atoms in total. The van der Waals surface area contributed by atoms with Gasteiger partial charge in [-0.15, -0.1) is 11.3 Å². The zero-order valence-corrected chi connectivity index (χ0v) is 16.1. The molecule has 0 unspecified atom stereocenters. The highest BCUT2D eigenvalue weighted by molar-refractivity contribution is 7.80. The number of hydrogen-bond donors (Lipinski definition) is 2. The van der Waals surface area contributed by atoms with E-state index in [1.54, 1.807) is 0 Å². The van der Waals surface area contributed by atoms with Crippen molar-refractivity contribution in [2.75, 3.05) is 26.3 Å². The van der Waals surface area contributed by atoms with Crippen molar-refractivity contribution in [3.05, 3.63) is 22.4 Å². The standard InChI is InChI=1S/C18H29N3OS2/c1-14(19-18(23)20-15-6-3-2-4-7-15)17(16-8-5-13-24-16)21-9-11-22-12-10-21/h5,8,13-15,17H,2-4,6-7,9-12H2,1H3,(H2,19,20,23)/t14-,17+/m1/s1. The van der Waals surface area contributed by atoms with Gasteiger partial charge in [-0.1, -0.05) is 25.3 Å². The van der Waals surface area contributed by atoms with Gasteiger partial charge in [-0.2, -0.15) is 0 Å². The van der Waals surface area contributed by atoms with Gasteiger partial charge in [0.1, 0.15) is 0 Å². The summed E-state index contributed by atoms with van der Waals surface area (Å²) in [6.45, 7) is 5.85. The SMILES string of the molecule is C[C@@H](NC(=S)NC1CCCCC1)[C@@H](c1cccs1)N1CCOCC1. The first kappa shape index (κ1) is 18.1. The highest BCUT2D eigenvalue weighted by Gasteiger charge is 2.29. The lowest BCUT2D eigenvalue weighted by atomic mass is 9.96. The molecule has 0 bridgehead atoms. The number of nitrogens with one attached hydrogen (secondary N) is 2. The van der Waals surface area contributed by atoms with Crippen LogP contribution in [0.2, 0.25) is 0 Å². The molecule has 1 aromatic heterocycles. The predicted octanol–water partition coefficient (Wildman–Crippen LogP) is 3.31. The molecule has 1 saturated carbocycles. The molecular formula is C18H29N3OS2. The van der Waals surface area contributed by atoms with Gasteiger partial charge in [0, 0.05) is 30.1 Å². The predicted molar refractivity (Wildman–Crippen MR) is 105 cm³/mol. The van der Waals surface area contributed by atoms with Crippen LogP contribution >= 0.6 is 23.6 Å². The van der Waals surface area contributed by atoms with Crippen molar-refractivity contribution in [1.29, 1.82) is 0 Å². The van der Waals surface area contributed by atoms with Crippen LogP contribution in [0.4, 0.5) is 0 Å². The smallest absolute Gasteiger partial charge is 0.166 e. The molecule has 0 spiro atoms. The summed E-state index contributed by atoms with van der Waals surface area (Å²) in [7, 11) is 0. The number of morpholine rings is 1. The van der Waals surface area contributed by atoms with Gasteiger partial charge in [0.05, 0.1) is 19.3 Å². The summed E-state index contributed by atoms with van der Waals surface area (Å²) in [5, 5.41) is 10.1. The van der Waals surface area contributed by atoms with Crippen LogP contribution in [0.25, 0.3) is 0 Å². The molecule has 3 rings (SSSR count). The van der Waals surface area contributed by atoms with Gasteiger partial charge in [0.25, 0.3) is 0 Å². The summed E-state index contributed by atoms with van der Waals surface area (Å²) in [5.41, 5.74) is 0. The van der Waals surface area contributed by atoms with E-state index >= 15 is 0 Å². The van der Waals surface area contributed by atoms with E-state index in [2.05, 4.69) is 40.0 Å². The van der Waals surface area contributed by atoms with Crippen molar-refractivity contribution >= 4 is 28.7 Å². The van der Waals surface area contributed by atoms with Crippen LogP contribution in [-0.2, 0) is 4.74 Å². The maximum atomic E-state index is 5.60. The Morgan fingerprint density at radius 1 is 1.29 bits per heavy atom. The van der Waals surface area contributed by atoms with Gasteiger partial charge >= 0.3 is 0 Å². The van der Waals surface area contributed by atoms with Gasteiger partial charge in [0.15, 0.2) is 5.11 Å².